The summed E-state index contributed by atoms with van der Waals surface area (Å²) >= 11 is 0. The zero-order valence-electron chi connectivity index (χ0n) is 11.9. The summed E-state index contributed by atoms with van der Waals surface area (Å²) in [6.07, 6.45) is 2.72. The topological polar surface area (TPSA) is 101 Å². The highest BCUT2D eigenvalue weighted by Crippen LogP contribution is 2.22. The molecule has 1 unspecified atom stereocenters. The fraction of sp³-hybridized carbons (Fsp3) is 0.833. The third kappa shape index (κ3) is 4.19. The Labute approximate surface area is 114 Å². The first-order chi connectivity index (χ1) is 8.59. The molecule has 0 aliphatic rings. The second-order valence-electron chi connectivity index (χ2n) is 5.00. The van der Waals surface area contributed by atoms with Crippen LogP contribution in [0.5, 0.6) is 0 Å². The number of unbranched alkanes of at least 4 members (excludes halogenated alkanes) is 2. The summed E-state index contributed by atoms with van der Waals surface area (Å²) in [5, 5.41) is 10.1. The molecule has 2 N–H and O–H groups in total. The van der Waals surface area contributed by atoms with Crippen LogP contribution < -0.4 is 5.32 Å². The number of nitrogens with one attached hydrogen (secondary N) is 1. The van der Waals surface area contributed by atoms with Crippen LogP contribution in [-0.2, 0) is 19.4 Å². The van der Waals surface area contributed by atoms with Gasteiger partial charge < -0.3 is 10.4 Å². The van der Waals surface area contributed by atoms with Gasteiger partial charge in [-0.15, -0.1) is 0 Å². The maximum atomic E-state index is 12.1. The second-order valence-corrected chi connectivity index (χ2v) is 7.82. The molecule has 0 fully saturated rings. The van der Waals surface area contributed by atoms with Crippen molar-refractivity contribution in [2.75, 3.05) is 6.54 Å². The zero-order valence-corrected chi connectivity index (χ0v) is 12.7. The molecule has 19 heavy (non-hydrogen) atoms. The molecule has 0 heterocycles. The predicted octanol–water partition coefficient (Wildman–Crippen LogP) is 0.959. The van der Waals surface area contributed by atoms with Crippen LogP contribution in [0.1, 0.15) is 47.0 Å². The lowest BCUT2D eigenvalue weighted by molar-refractivity contribution is -0.139. The highest BCUT2D eigenvalue weighted by atomic mass is 32.2. The molecular weight excluding hydrogens is 270 g/mol. The van der Waals surface area contributed by atoms with E-state index in [-0.39, 0.29) is 0 Å². The largest absolute Gasteiger partial charge is 0.480 e. The third-order valence-corrected chi connectivity index (χ3v) is 5.88. The van der Waals surface area contributed by atoms with E-state index in [0.29, 0.717) is 6.54 Å². The Balaban J connectivity index is 4.76. The fourth-order valence-corrected chi connectivity index (χ4v) is 2.93. The lowest BCUT2D eigenvalue weighted by Gasteiger charge is -2.23. The van der Waals surface area contributed by atoms with Crippen molar-refractivity contribution >= 4 is 21.7 Å². The molecule has 0 aliphatic heterocycles. The first-order valence-electron chi connectivity index (χ1n) is 6.33. The van der Waals surface area contributed by atoms with Crippen LogP contribution in [0.25, 0.3) is 0 Å². The summed E-state index contributed by atoms with van der Waals surface area (Å²) in [5.41, 5.74) is 0. The van der Waals surface area contributed by atoms with Gasteiger partial charge in [0.05, 0.1) is 0 Å². The van der Waals surface area contributed by atoms with E-state index >= 15 is 0 Å². The van der Waals surface area contributed by atoms with Gasteiger partial charge in [0.15, 0.2) is 14.6 Å². The minimum atomic E-state index is -4.09. The molecule has 0 spiro atoms. The van der Waals surface area contributed by atoms with Crippen LogP contribution in [0, 0.1) is 0 Å². The van der Waals surface area contributed by atoms with E-state index in [0.717, 1.165) is 33.1 Å². The highest BCUT2D eigenvalue weighted by molar-refractivity contribution is 7.94. The van der Waals surface area contributed by atoms with Gasteiger partial charge in [-0.05, 0) is 27.2 Å². The van der Waals surface area contributed by atoms with Gasteiger partial charge in [0.25, 0.3) is 0 Å². The normalized spacial score (nSPS) is 13.9. The summed E-state index contributed by atoms with van der Waals surface area (Å²) in [6, 6.07) is 0. The minimum absolute atomic E-state index is 0.403. The van der Waals surface area contributed by atoms with Gasteiger partial charge in [-0.3, -0.25) is 9.59 Å². The van der Waals surface area contributed by atoms with E-state index < -0.39 is 31.7 Å². The fourth-order valence-electron chi connectivity index (χ4n) is 1.43. The van der Waals surface area contributed by atoms with E-state index in [2.05, 4.69) is 5.32 Å². The molecule has 1 amide bonds. The first-order valence-corrected chi connectivity index (χ1v) is 7.88. The maximum absolute atomic E-state index is 12.1. The molecule has 0 aromatic rings. The Morgan fingerprint density at radius 3 is 2.21 bits per heavy atom. The number of hydrogen-bond donors (Lipinski definition) is 2. The van der Waals surface area contributed by atoms with E-state index in [1.54, 1.807) is 0 Å². The Hall–Kier alpha value is -1.11. The van der Waals surface area contributed by atoms with E-state index in [1.165, 1.54) is 6.92 Å². The standard InChI is InChI=1S/C12H23NO5S/c1-5-6-7-8-13-10(14)9(2)19(17,18)12(3,4)11(15)16/h9H,5-8H2,1-4H3,(H,13,14)(H,15,16). The SMILES string of the molecule is CCCCCNC(=O)C(C)S(=O)(=O)C(C)(C)C(=O)O. The second kappa shape index (κ2) is 6.88. The van der Waals surface area contributed by atoms with Crippen molar-refractivity contribution in [2.45, 2.75) is 57.0 Å². The minimum Gasteiger partial charge on any atom is -0.480 e. The number of carbonyl (C=O) groups is 2. The summed E-state index contributed by atoms with van der Waals surface area (Å²) in [5.74, 6) is -2.11. The summed E-state index contributed by atoms with van der Waals surface area (Å²) in [4.78, 5) is 22.7. The third-order valence-electron chi connectivity index (χ3n) is 3.14. The summed E-state index contributed by atoms with van der Waals surface area (Å²) in [7, 11) is -4.09. The van der Waals surface area contributed by atoms with Gasteiger partial charge in [-0.2, -0.15) is 0 Å². The number of sulfone groups is 1. The number of aliphatic carboxylic acids is 1. The molecule has 6 nitrogen and oxygen atoms in total. The molecule has 7 heteroatoms. The van der Waals surface area contributed by atoms with Crippen LogP contribution in [0.4, 0.5) is 0 Å². The smallest absolute Gasteiger partial charge is 0.324 e. The highest BCUT2D eigenvalue weighted by Gasteiger charge is 2.47. The van der Waals surface area contributed by atoms with Crippen LogP contribution in [0.2, 0.25) is 0 Å². The molecule has 0 aliphatic carbocycles. The molecular formula is C12H23NO5S. The Morgan fingerprint density at radius 1 is 1.26 bits per heavy atom. The molecule has 112 valence electrons. The van der Waals surface area contributed by atoms with Gasteiger partial charge in [0.1, 0.15) is 5.25 Å². The van der Waals surface area contributed by atoms with Crippen molar-refractivity contribution in [1.29, 1.82) is 0 Å². The van der Waals surface area contributed by atoms with Crippen LogP contribution in [0.15, 0.2) is 0 Å². The van der Waals surface area contributed by atoms with E-state index in [1.807, 2.05) is 6.92 Å². The molecule has 0 saturated heterocycles. The molecule has 0 aromatic heterocycles. The van der Waals surface area contributed by atoms with Crippen molar-refractivity contribution in [3.8, 4) is 0 Å². The molecule has 1 atom stereocenters. The Kier molecular flexibility index (Phi) is 6.48. The van der Waals surface area contributed by atoms with Crippen molar-refractivity contribution in [2.24, 2.45) is 0 Å². The van der Waals surface area contributed by atoms with Gasteiger partial charge in [0, 0.05) is 6.54 Å². The summed E-state index contributed by atoms with van der Waals surface area (Å²) in [6.45, 7) is 5.82. The van der Waals surface area contributed by atoms with Crippen LogP contribution >= 0.6 is 0 Å². The Morgan fingerprint density at radius 2 is 1.79 bits per heavy atom. The number of carboxylic acids is 1. The lowest BCUT2D eigenvalue weighted by Crippen LogP contribution is -2.50. The van der Waals surface area contributed by atoms with Crippen molar-refractivity contribution in [3.05, 3.63) is 0 Å². The zero-order chi connectivity index (χ0) is 15.3. The molecule has 0 aromatic carbocycles. The van der Waals surface area contributed by atoms with Gasteiger partial charge >= 0.3 is 5.97 Å². The Bertz CT molecular complexity index is 427. The molecule has 0 radical (unpaired) electrons. The average Bonchev–Trinajstić information content (AvgIpc) is 2.32. The number of rotatable bonds is 8. The van der Waals surface area contributed by atoms with Gasteiger partial charge in [0.2, 0.25) is 5.91 Å². The number of carbonyl (C=O) groups excluding carboxylic acids is 1. The molecule has 0 rings (SSSR count). The van der Waals surface area contributed by atoms with Crippen molar-refractivity contribution in [1.82, 2.24) is 5.32 Å². The lowest BCUT2D eigenvalue weighted by atomic mass is 10.2. The first kappa shape index (κ1) is 17.9. The maximum Gasteiger partial charge on any atom is 0.324 e. The van der Waals surface area contributed by atoms with Gasteiger partial charge in [-0.25, -0.2) is 8.42 Å². The van der Waals surface area contributed by atoms with Gasteiger partial charge in [-0.1, -0.05) is 19.8 Å². The number of carboxylic acid groups (broad SMARTS) is 1. The molecule has 0 saturated carbocycles. The van der Waals surface area contributed by atoms with E-state index in [4.69, 9.17) is 5.11 Å². The van der Waals surface area contributed by atoms with Crippen LogP contribution in [-0.4, -0.2) is 41.9 Å². The predicted molar refractivity (Wildman–Crippen MR) is 72.6 cm³/mol. The quantitative estimate of drug-likeness (QED) is 0.649. The summed E-state index contributed by atoms with van der Waals surface area (Å²) < 4.78 is 22.2. The van der Waals surface area contributed by atoms with Crippen LogP contribution in [0.3, 0.4) is 0 Å². The van der Waals surface area contributed by atoms with Crippen molar-refractivity contribution < 1.29 is 23.1 Å². The van der Waals surface area contributed by atoms with Crippen molar-refractivity contribution in [3.63, 3.8) is 0 Å². The van der Waals surface area contributed by atoms with E-state index in [9.17, 15) is 18.0 Å². The molecule has 0 bridgehead atoms. The number of amides is 1. The number of hydrogen-bond acceptors (Lipinski definition) is 4. The monoisotopic (exact) mass is 293 g/mol. The average molecular weight is 293 g/mol.